The number of carbonyl (C=O) groups is 1. The van der Waals surface area contributed by atoms with E-state index in [0.29, 0.717) is 5.56 Å². The molecule has 1 aliphatic rings. The number of carbonyl (C=O) groups excluding carboxylic acids is 1. The van der Waals surface area contributed by atoms with Crippen molar-refractivity contribution in [3.05, 3.63) is 23.9 Å². The smallest absolute Gasteiger partial charge is 0.250 e. The van der Waals surface area contributed by atoms with Crippen LogP contribution in [0.4, 0.5) is 5.82 Å². The SMILES string of the molecule is CC1CCN(CCNc2ccc(C(N)=O)cn2)CC1. The predicted octanol–water partition coefficient (Wildman–Crippen LogP) is 1.32. The van der Waals surface area contributed by atoms with E-state index in [9.17, 15) is 4.79 Å². The Balaban J connectivity index is 1.72. The van der Waals surface area contributed by atoms with Gasteiger partial charge >= 0.3 is 0 Å². The zero-order chi connectivity index (χ0) is 13.7. The number of anilines is 1. The Labute approximate surface area is 114 Å². The molecule has 5 nitrogen and oxygen atoms in total. The Morgan fingerprint density at radius 3 is 2.79 bits per heavy atom. The average molecular weight is 262 g/mol. The van der Waals surface area contributed by atoms with Crippen LogP contribution < -0.4 is 11.1 Å². The van der Waals surface area contributed by atoms with Gasteiger partial charge in [0, 0.05) is 19.3 Å². The molecule has 0 saturated carbocycles. The first kappa shape index (κ1) is 13.8. The van der Waals surface area contributed by atoms with Crippen molar-refractivity contribution in [3.8, 4) is 0 Å². The molecule has 1 fully saturated rings. The molecule has 2 heterocycles. The van der Waals surface area contributed by atoms with Gasteiger partial charge in [0.25, 0.3) is 0 Å². The second-order valence-electron chi connectivity index (χ2n) is 5.25. The number of hydrogen-bond donors (Lipinski definition) is 2. The Hall–Kier alpha value is -1.62. The highest BCUT2D eigenvalue weighted by atomic mass is 16.1. The molecule has 19 heavy (non-hydrogen) atoms. The van der Waals surface area contributed by atoms with Gasteiger partial charge in [-0.2, -0.15) is 0 Å². The molecule has 1 amide bonds. The van der Waals surface area contributed by atoms with Crippen LogP contribution in [0.1, 0.15) is 30.1 Å². The second kappa shape index (κ2) is 6.52. The highest BCUT2D eigenvalue weighted by Gasteiger charge is 2.14. The Morgan fingerprint density at radius 1 is 1.47 bits per heavy atom. The zero-order valence-electron chi connectivity index (χ0n) is 11.4. The van der Waals surface area contributed by atoms with Crippen LogP contribution in [0.25, 0.3) is 0 Å². The highest BCUT2D eigenvalue weighted by Crippen LogP contribution is 2.15. The molecular weight excluding hydrogens is 240 g/mol. The standard InChI is InChI=1S/C14H22N4O/c1-11-4-7-18(8-5-11)9-6-16-13-3-2-12(10-17-13)14(15)19/h2-3,10-11H,4-9H2,1H3,(H2,15,19)(H,16,17). The van der Waals surface area contributed by atoms with Crippen LogP contribution in [-0.4, -0.2) is 42.0 Å². The van der Waals surface area contributed by atoms with Gasteiger partial charge in [0.05, 0.1) is 5.56 Å². The normalized spacial score (nSPS) is 17.3. The van der Waals surface area contributed by atoms with E-state index in [1.807, 2.05) is 0 Å². The topological polar surface area (TPSA) is 71.2 Å². The summed E-state index contributed by atoms with van der Waals surface area (Å²) < 4.78 is 0. The van der Waals surface area contributed by atoms with Crippen LogP contribution in [0.2, 0.25) is 0 Å². The first-order chi connectivity index (χ1) is 9.15. The number of piperidine rings is 1. The third-order valence-corrected chi connectivity index (χ3v) is 3.66. The second-order valence-corrected chi connectivity index (χ2v) is 5.25. The lowest BCUT2D eigenvalue weighted by molar-refractivity contribution is 0.1000. The number of aromatic nitrogens is 1. The third kappa shape index (κ3) is 4.21. The molecule has 0 aliphatic carbocycles. The lowest BCUT2D eigenvalue weighted by Gasteiger charge is -2.30. The summed E-state index contributed by atoms with van der Waals surface area (Å²) in [5.74, 6) is 1.21. The molecule has 1 saturated heterocycles. The summed E-state index contributed by atoms with van der Waals surface area (Å²) in [6.45, 7) is 6.61. The number of nitrogens with two attached hydrogens (primary N) is 1. The Kier molecular flexibility index (Phi) is 4.74. The minimum absolute atomic E-state index is 0.440. The molecule has 1 aromatic heterocycles. The van der Waals surface area contributed by atoms with Crippen molar-refractivity contribution in [2.24, 2.45) is 11.7 Å². The van der Waals surface area contributed by atoms with E-state index in [-0.39, 0.29) is 0 Å². The maximum atomic E-state index is 10.9. The molecule has 0 bridgehead atoms. The molecular formula is C14H22N4O. The number of likely N-dealkylation sites (tertiary alicyclic amines) is 1. The van der Waals surface area contributed by atoms with Gasteiger partial charge in [0.2, 0.25) is 5.91 Å². The van der Waals surface area contributed by atoms with E-state index < -0.39 is 5.91 Å². The van der Waals surface area contributed by atoms with Gasteiger partial charge in [0.15, 0.2) is 0 Å². The van der Waals surface area contributed by atoms with Gasteiger partial charge in [0.1, 0.15) is 5.82 Å². The predicted molar refractivity (Wildman–Crippen MR) is 76.1 cm³/mol. The average Bonchev–Trinajstić information content (AvgIpc) is 2.41. The third-order valence-electron chi connectivity index (χ3n) is 3.66. The maximum absolute atomic E-state index is 10.9. The molecule has 3 N–H and O–H groups in total. The number of nitrogens with zero attached hydrogens (tertiary/aromatic N) is 2. The Bertz CT molecular complexity index is 410. The molecule has 1 aliphatic heterocycles. The minimum atomic E-state index is -0.443. The number of primary amides is 1. The van der Waals surface area contributed by atoms with E-state index in [1.54, 1.807) is 12.1 Å². The fourth-order valence-corrected chi connectivity index (χ4v) is 2.27. The van der Waals surface area contributed by atoms with Crippen LogP contribution >= 0.6 is 0 Å². The first-order valence-electron chi connectivity index (χ1n) is 6.87. The summed E-state index contributed by atoms with van der Waals surface area (Å²) in [4.78, 5) is 17.6. The number of amides is 1. The molecule has 0 radical (unpaired) electrons. The van der Waals surface area contributed by atoms with Crippen LogP contribution in [0.15, 0.2) is 18.3 Å². The summed E-state index contributed by atoms with van der Waals surface area (Å²) in [5, 5.41) is 3.26. The molecule has 2 rings (SSSR count). The van der Waals surface area contributed by atoms with E-state index in [1.165, 1.54) is 32.1 Å². The minimum Gasteiger partial charge on any atom is -0.369 e. The first-order valence-corrected chi connectivity index (χ1v) is 6.87. The van der Waals surface area contributed by atoms with Gasteiger partial charge in [-0.25, -0.2) is 4.98 Å². The van der Waals surface area contributed by atoms with Crippen LogP contribution in [0.3, 0.4) is 0 Å². The van der Waals surface area contributed by atoms with Crippen LogP contribution in [0.5, 0.6) is 0 Å². The van der Waals surface area contributed by atoms with Crippen molar-refractivity contribution in [2.75, 3.05) is 31.5 Å². The number of nitrogens with one attached hydrogen (secondary N) is 1. The molecule has 0 spiro atoms. The molecule has 104 valence electrons. The van der Waals surface area contributed by atoms with Crippen molar-refractivity contribution in [2.45, 2.75) is 19.8 Å². The monoisotopic (exact) mass is 262 g/mol. The van der Waals surface area contributed by atoms with Gasteiger partial charge in [-0.05, 0) is 44.0 Å². The zero-order valence-corrected chi connectivity index (χ0v) is 11.4. The number of rotatable bonds is 5. The summed E-state index contributed by atoms with van der Waals surface area (Å²) >= 11 is 0. The number of hydrogen-bond acceptors (Lipinski definition) is 4. The number of pyridine rings is 1. The lowest BCUT2D eigenvalue weighted by atomic mass is 9.99. The Morgan fingerprint density at radius 2 is 2.21 bits per heavy atom. The maximum Gasteiger partial charge on any atom is 0.250 e. The van der Waals surface area contributed by atoms with Gasteiger partial charge < -0.3 is 16.0 Å². The van der Waals surface area contributed by atoms with Gasteiger partial charge in [-0.3, -0.25) is 4.79 Å². The molecule has 5 heteroatoms. The summed E-state index contributed by atoms with van der Waals surface area (Å²) in [6, 6.07) is 3.48. The van der Waals surface area contributed by atoms with Crippen molar-refractivity contribution < 1.29 is 4.79 Å². The van der Waals surface area contributed by atoms with Gasteiger partial charge in [-0.1, -0.05) is 6.92 Å². The summed E-state index contributed by atoms with van der Waals surface area (Å²) in [7, 11) is 0. The molecule has 0 atom stereocenters. The fourth-order valence-electron chi connectivity index (χ4n) is 2.27. The van der Waals surface area contributed by atoms with Crippen molar-refractivity contribution in [1.29, 1.82) is 0 Å². The largest absolute Gasteiger partial charge is 0.369 e. The van der Waals surface area contributed by atoms with E-state index in [2.05, 4.69) is 22.1 Å². The molecule has 0 aromatic carbocycles. The van der Waals surface area contributed by atoms with Gasteiger partial charge in [-0.15, -0.1) is 0 Å². The van der Waals surface area contributed by atoms with Crippen molar-refractivity contribution in [1.82, 2.24) is 9.88 Å². The van der Waals surface area contributed by atoms with E-state index in [4.69, 9.17) is 5.73 Å². The van der Waals surface area contributed by atoms with Crippen molar-refractivity contribution in [3.63, 3.8) is 0 Å². The summed E-state index contributed by atoms with van der Waals surface area (Å²) in [6.07, 6.45) is 4.10. The molecule has 1 aromatic rings. The fraction of sp³-hybridized carbons (Fsp3) is 0.571. The highest BCUT2D eigenvalue weighted by molar-refractivity contribution is 5.92. The van der Waals surface area contributed by atoms with E-state index in [0.717, 1.165) is 24.8 Å². The quantitative estimate of drug-likeness (QED) is 0.839. The van der Waals surface area contributed by atoms with Crippen molar-refractivity contribution >= 4 is 11.7 Å². The van der Waals surface area contributed by atoms with E-state index >= 15 is 0 Å². The molecule has 0 unspecified atom stereocenters. The van der Waals surface area contributed by atoms with Crippen LogP contribution in [-0.2, 0) is 0 Å². The lowest BCUT2D eigenvalue weighted by Crippen LogP contribution is -2.36. The summed E-state index contributed by atoms with van der Waals surface area (Å²) in [5.41, 5.74) is 5.61. The van der Waals surface area contributed by atoms with Crippen LogP contribution in [0, 0.1) is 5.92 Å².